The summed E-state index contributed by atoms with van der Waals surface area (Å²) in [4.78, 5) is 10.9. The molecule has 2 nitrogen and oxygen atoms in total. The minimum absolute atomic E-state index is 0.0844. The number of halogens is 2. The van der Waals surface area contributed by atoms with E-state index < -0.39 is 0 Å². The molecule has 0 saturated heterocycles. The average molecular weight is 283 g/mol. The molecule has 0 rings (SSSR count). The molecule has 0 amide bonds. The summed E-state index contributed by atoms with van der Waals surface area (Å²) < 4.78 is 4.57. The standard InChI is InChI=1S/C13H24Cl2O2/c1-3-11(14)8-6-4-5-7-9-12(15)10-13(16)17-2/h11-12H,3-10H2,1-2H3. The Bertz CT molecular complexity index is 198. The molecule has 0 aliphatic rings. The summed E-state index contributed by atoms with van der Waals surface area (Å²) in [5.74, 6) is -0.224. The number of carbonyl (C=O) groups is 1. The number of rotatable bonds is 10. The summed E-state index contributed by atoms with van der Waals surface area (Å²) in [6, 6.07) is 0. The summed E-state index contributed by atoms with van der Waals surface area (Å²) >= 11 is 12.0. The van der Waals surface area contributed by atoms with E-state index in [2.05, 4.69) is 11.7 Å². The van der Waals surface area contributed by atoms with Crippen molar-refractivity contribution in [1.29, 1.82) is 0 Å². The zero-order chi connectivity index (χ0) is 13.1. The molecule has 0 aliphatic carbocycles. The average Bonchev–Trinajstić information content (AvgIpc) is 2.32. The SMILES string of the molecule is CCC(Cl)CCCCCCC(Cl)CC(=O)OC. The zero-order valence-corrected chi connectivity index (χ0v) is 12.4. The number of ether oxygens (including phenoxy) is 1. The van der Waals surface area contributed by atoms with Crippen LogP contribution in [0.15, 0.2) is 0 Å². The highest BCUT2D eigenvalue weighted by Crippen LogP contribution is 2.16. The number of alkyl halides is 2. The van der Waals surface area contributed by atoms with E-state index in [1.165, 1.54) is 20.0 Å². The van der Waals surface area contributed by atoms with Crippen LogP contribution in [-0.4, -0.2) is 23.8 Å². The van der Waals surface area contributed by atoms with Gasteiger partial charge in [0, 0.05) is 10.8 Å². The Morgan fingerprint density at radius 2 is 1.59 bits per heavy atom. The van der Waals surface area contributed by atoms with Crippen LogP contribution in [0.2, 0.25) is 0 Å². The second-order valence-electron chi connectivity index (χ2n) is 4.37. The van der Waals surface area contributed by atoms with Crippen LogP contribution in [0, 0.1) is 0 Å². The lowest BCUT2D eigenvalue weighted by atomic mass is 10.1. The van der Waals surface area contributed by atoms with E-state index in [-0.39, 0.29) is 11.3 Å². The predicted molar refractivity (Wildman–Crippen MR) is 73.9 cm³/mol. The fraction of sp³-hybridized carbons (Fsp3) is 0.923. The zero-order valence-electron chi connectivity index (χ0n) is 10.9. The molecule has 2 atom stereocenters. The van der Waals surface area contributed by atoms with Gasteiger partial charge in [0.1, 0.15) is 0 Å². The van der Waals surface area contributed by atoms with Gasteiger partial charge in [-0.3, -0.25) is 4.79 Å². The van der Waals surface area contributed by atoms with Crippen molar-refractivity contribution < 1.29 is 9.53 Å². The van der Waals surface area contributed by atoms with Gasteiger partial charge in [-0.1, -0.05) is 32.6 Å². The van der Waals surface area contributed by atoms with Crippen molar-refractivity contribution in [3.63, 3.8) is 0 Å². The molecule has 0 heterocycles. The Kier molecular flexibility index (Phi) is 11.2. The lowest BCUT2D eigenvalue weighted by molar-refractivity contribution is -0.140. The number of carbonyl (C=O) groups excluding carboxylic acids is 1. The van der Waals surface area contributed by atoms with Crippen LogP contribution in [-0.2, 0) is 9.53 Å². The van der Waals surface area contributed by atoms with Gasteiger partial charge in [0.2, 0.25) is 0 Å². The number of esters is 1. The maximum atomic E-state index is 10.9. The maximum Gasteiger partial charge on any atom is 0.307 e. The van der Waals surface area contributed by atoms with Crippen molar-refractivity contribution >= 4 is 29.2 Å². The number of methoxy groups -OCH3 is 1. The van der Waals surface area contributed by atoms with Gasteiger partial charge in [-0.2, -0.15) is 0 Å². The third kappa shape index (κ3) is 10.9. The van der Waals surface area contributed by atoms with Crippen molar-refractivity contribution in [3.05, 3.63) is 0 Å². The van der Waals surface area contributed by atoms with E-state index in [0.29, 0.717) is 11.8 Å². The van der Waals surface area contributed by atoms with Crippen LogP contribution in [0.5, 0.6) is 0 Å². The first-order chi connectivity index (χ1) is 8.10. The first-order valence-electron chi connectivity index (χ1n) is 6.45. The quantitative estimate of drug-likeness (QED) is 0.335. The van der Waals surface area contributed by atoms with Crippen LogP contribution in [0.1, 0.15) is 58.3 Å². The largest absolute Gasteiger partial charge is 0.469 e. The lowest BCUT2D eigenvalue weighted by Crippen LogP contribution is -2.09. The number of unbranched alkanes of at least 4 members (excludes halogenated alkanes) is 3. The fourth-order valence-electron chi connectivity index (χ4n) is 1.66. The molecule has 0 N–H and O–H groups in total. The van der Waals surface area contributed by atoms with E-state index in [9.17, 15) is 4.79 Å². The molecule has 0 spiro atoms. The smallest absolute Gasteiger partial charge is 0.307 e. The molecule has 0 aliphatic heterocycles. The highest BCUT2D eigenvalue weighted by atomic mass is 35.5. The minimum atomic E-state index is -0.224. The Morgan fingerprint density at radius 3 is 2.06 bits per heavy atom. The first kappa shape index (κ1) is 17.1. The Hall–Kier alpha value is 0.0500. The van der Waals surface area contributed by atoms with Crippen molar-refractivity contribution in [2.75, 3.05) is 7.11 Å². The molecule has 0 aromatic carbocycles. The van der Waals surface area contributed by atoms with Crippen LogP contribution in [0.3, 0.4) is 0 Å². The maximum absolute atomic E-state index is 10.9. The predicted octanol–water partition coefficient (Wildman–Crippen LogP) is 4.51. The van der Waals surface area contributed by atoms with E-state index in [0.717, 1.165) is 32.1 Å². The van der Waals surface area contributed by atoms with Gasteiger partial charge in [0.25, 0.3) is 0 Å². The van der Waals surface area contributed by atoms with E-state index >= 15 is 0 Å². The Morgan fingerprint density at radius 1 is 1.06 bits per heavy atom. The van der Waals surface area contributed by atoms with E-state index in [4.69, 9.17) is 23.2 Å². The third-order valence-electron chi connectivity index (χ3n) is 2.84. The first-order valence-corrected chi connectivity index (χ1v) is 7.32. The second-order valence-corrected chi connectivity index (χ2v) is 5.61. The van der Waals surface area contributed by atoms with Crippen LogP contribution in [0.4, 0.5) is 0 Å². The van der Waals surface area contributed by atoms with Crippen LogP contribution >= 0.6 is 23.2 Å². The van der Waals surface area contributed by atoms with Gasteiger partial charge >= 0.3 is 5.97 Å². The number of hydrogen-bond acceptors (Lipinski definition) is 2. The van der Waals surface area contributed by atoms with Gasteiger partial charge in [-0.25, -0.2) is 0 Å². The topological polar surface area (TPSA) is 26.3 Å². The summed E-state index contributed by atoms with van der Waals surface area (Å²) in [5.41, 5.74) is 0. The summed E-state index contributed by atoms with van der Waals surface area (Å²) in [6.07, 6.45) is 7.97. The van der Waals surface area contributed by atoms with Gasteiger partial charge in [-0.15, -0.1) is 23.2 Å². The van der Waals surface area contributed by atoms with Crippen molar-refractivity contribution in [2.24, 2.45) is 0 Å². The van der Waals surface area contributed by atoms with Gasteiger partial charge in [0.15, 0.2) is 0 Å². The fourth-order valence-corrected chi connectivity index (χ4v) is 2.09. The molecule has 0 fully saturated rings. The molecule has 2 unspecified atom stereocenters. The van der Waals surface area contributed by atoms with Gasteiger partial charge in [0.05, 0.1) is 13.5 Å². The molecule has 0 aromatic rings. The number of hydrogen-bond donors (Lipinski definition) is 0. The second kappa shape index (κ2) is 11.2. The molecule has 4 heteroatoms. The normalized spacial score (nSPS) is 14.4. The van der Waals surface area contributed by atoms with Gasteiger partial charge in [-0.05, 0) is 19.3 Å². The molecule has 0 saturated carbocycles. The Balaban J connectivity index is 3.30. The molecule has 17 heavy (non-hydrogen) atoms. The summed E-state index contributed by atoms with van der Waals surface area (Å²) in [6.45, 7) is 2.11. The molecule has 0 bridgehead atoms. The lowest BCUT2D eigenvalue weighted by Gasteiger charge is -2.08. The third-order valence-corrected chi connectivity index (χ3v) is 3.74. The van der Waals surface area contributed by atoms with Crippen molar-refractivity contribution in [1.82, 2.24) is 0 Å². The minimum Gasteiger partial charge on any atom is -0.469 e. The highest BCUT2D eigenvalue weighted by Gasteiger charge is 2.10. The molecule has 0 aromatic heterocycles. The molecule has 0 radical (unpaired) electrons. The summed E-state index contributed by atoms with van der Waals surface area (Å²) in [7, 11) is 1.39. The monoisotopic (exact) mass is 282 g/mol. The Labute approximate surface area is 115 Å². The highest BCUT2D eigenvalue weighted by molar-refractivity contribution is 6.21. The van der Waals surface area contributed by atoms with Crippen molar-refractivity contribution in [2.45, 2.75) is 69.0 Å². The van der Waals surface area contributed by atoms with E-state index in [1.54, 1.807) is 0 Å². The molecule has 102 valence electrons. The molecular weight excluding hydrogens is 259 g/mol. The van der Waals surface area contributed by atoms with Crippen LogP contribution < -0.4 is 0 Å². The van der Waals surface area contributed by atoms with Crippen LogP contribution in [0.25, 0.3) is 0 Å². The summed E-state index contributed by atoms with van der Waals surface area (Å²) in [5, 5.41) is 0.244. The molecular formula is C13H24Cl2O2. The van der Waals surface area contributed by atoms with E-state index in [1.807, 2.05) is 0 Å². The van der Waals surface area contributed by atoms with Crippen molar-refractivity contribution in [3.8, 4) is 0 Å². The van der Waals surface area contributed by atoms with Gasteiger partial charge < -0.3 is 4.74 Å².